The maximum Gasteiger partial charge on any atom is 0.248 e. The predicted molar refractivity (Wildman–Crippen MR) is 83.5 cm³/mol. The van der Waals surface area contributed by atoms with Crippen molar-refractivity contribution in [2.75, 3.05) is 26.2 Å². The Kier molecular flexibility index (Phi) is 5.10. The van der Waals surface area contributed by atoms with Crippen LogP contribution in [0, 0.1) is 0 Å². The molecule has 2 aliphatic rings. The Morgan fingerprint density at radius 2 is 2.14 bits per heavy atom. The van der Waals surface area contributed by atoms with Gasteiger partial charge in [0.15, 0.2) is 0 Å². The highest BCUT2D eigenvalue weighted by molar-refractivity contribution is 5.84. The summed E-state index contributed by atoms with van der Waals surface area (Å²) in [6, 6.07) is 1.88. The highest BCUT2D eigenvalue weighted by Gasteiger charge is 2.41. The lowest BCUT2D eigenvalue weighted by Crippen LogP contribution is -2.55. The third-order valence-corrected chi connectivity index (χ3v) is 4.84. The van der Waals surface area contributed by atoms with E-state index in [0.29, 0.717) is 19.3 Å². The zero-order valence-corrected chi connectivity index (χ0v) is 13.1. The molecule has 1 amide bonds. The monoisotopic (exact) mass is 306 g/mol. The van der Waals surface area contributed by atoms with Gasteiger partial charge in [0.05, 0.1) is 12.7 Å². The van der Waals surface area contributed by atoms with Crippen LogP contribution < -0.4 is 10.6 Å². The van der Waals surface area contributed by atoms with E-state index in [2.05, 4.69) is 15.7 Å². The van der Waals surface area contributed by atoms with E-state index < -0.39 is 5.54 Å². The number of nitrogens with one attached hydrogen (secondary N) is 2. The molecule has 1 aromatic rings. The second-order valence-corrected chi connectivity index (χ2v) is 6.27. The van der Waals surface area contributed by atoms with E-state index in [4.69, 9.17) is 4.74 Å². The number of piperidine rings is 1. The minimum absolute atomic E-state index is 0.0627. The van der Waals surface area contributed by atoms with Gasteiger partial charge < -0.3 is 15.4 Å². The molecule has 2 heterocycles. The van der Waals surface area contributed by atoms with E-state index in [9.17, 15) is 4.79 Å². The van der Waals surface area contributed by atoms with E-state index >= 15 is 0 Å². The van der Waals surface area contributed by atoms with Gasteiger partial charge in [-0.1, -0.05) is 12.8 Å². The van der Waals surface area contributed by atoms with Gasteiger partial charge in [-0.25, -0.2) is 0 Å². The first kappa shape index (κ1) is 15.5. The molecule has 0 aromatic carbocycles. The quantitative estimate of drug-likeness (QED) is 0.771. The Balaban J connectivity index is 1.53. The lowest BCUT2D eigenvalue weighted by Gasteiger charge is -2.36. The average molecular weight is 306 g/mol. The van der Waals surface area contributed by atoms with Gasteiger partial charge in [-0.3, -0.25) is 9.48 Å². The summed E-state index contributed by atoms with van der Waals surface area (Å²) < 4.78 is 7.64. The van der Waals surface area contributed by atoms with Crippen LogP contribution in [0.3, 0.4) is 0 Å². The number of carbonyl (C=O) groups excluding carboxylic acids is 1. The summed E-state index contributed by atoms with van der Waals surface area (Å²) in [4.78, 5) is 12.8. The Morgan fingerprint density at radius 1 is 1.36 bits per heavy atom. The molecule has 0 spiro atoms. The standard InChI is InChI=1S/C16H26N4O2/c21-15(18-11-13-22-14-4-1-2-5-14)16(6-9-17-10-7-16)20-12-3-8-19-20/h3,8,12,14,17H,1-2,4-7,9-11,13H2,(H,18,21). The minimum Gasteiger partial charge on any atom is -0.376 e. The average Bonchev–Trinajstić information content (AvgIpc) is 3.25. The molecule has 2 N–H and O–H groups in total. The molecule has 6 nitrogen and oxygen atoms in total. The first-order chi connectivity index (χ1) is 10.8. The summed E-state index contributed by atoms with van der Waals surface area (Å²) in [5, 5.41) is 10.7. The van der Waals surface area contributed by atoms with Crippen LogP contribution in [0.4, 0.5) is 0 Å². The van der Waals surface area contributed by atoms with Gasteiger partial charge in [-0.05, 0) is 44.8 Å². The van der Waals surface area contributed by atoms with E-state index in [-0.39, 0.29) is 5.91 Å². The number of carbonyl (C=O) groups is 1. The molecule has 22 heavy (non-hydrogen) atoms. The molecule has 0 atom stereocenters. The maximum atomic E-state index is 12.8. The zero-order chi connectivity index (χ0) is 15.3. The third-order valence-electron chi connectivity index (χ3n) is 4.84. The van der Waals surface area contributed by atoms with Crippen molar-refractivity contribution in [1.82, 2.24) is 20.4 Å². The lowest BCUT2D eigenvalue weighted by molar-refractivity contribution is -0.132. The SMILES string of the molecule is O=C(NCCOC1CCCC1)C1(n2cccn2)CCNCC1. The van der Waals surface area contributed by atoms with Crippen molar-refractivity contribution >= 4 is 5.91 Å². The second kappa shape index (κ2) is 7.24. The molecule has 122 valence electrons. The Hall–Kier alpha value is -1.40. The highest BCUT2D eigenvalue weighted by atomic mass is 16.5. The van der Waals surface area contributed by atoms with E-state index in [0.717, 1.165) is 38.8 Å². The van der Waals surface area contributed by atoms with E-state index in [1.54, 1.807) is 6.20 Å². The van der Waals surface area contributed by atoms with Crippen LogP contribution in [-0.4, -0.2) is 48.0 Å². The molecular weight excluding hydrogens is 280 g/mol. The number of aromatic nitrogens is 2. The molecule has 1 aliphatic carbocycles. The number of hydrogen-bond donors (Lipinski definition) is 2. The summed E-state index contributed by atoms with van der Waals surface area (Å²) in [5.74, 6) is 0.0627. The number of nitrogens with zero attached hydrogens (tertiary/aromatic N) is 2. The normalized spacial score (nSPS) is 21.8. The topological polar surface area (TPSA) is 68.2 Å². The summed E-state index contributed by atoms with van der Waals surface area (Å²) in [7, 11) is 0. The van der Waals surface area contributed by atoms with Crippen molar-refractivity contribution in [3.05, 3.63) is 18.5 Å². The van der Waals surface area contributed by atoms with E-state index in [1.165, 1.54) is 12.8 Å². The van der Waals surface area contributed by atoms with Crippen LogP contribution >= 0.6 is 0 Å². The van der Waals surface area contributed by atoms with Crippen molar-refractivity contribution < 1.29 is 9.53 Å². The molecule has 1 aromatic heterocycles. The molecule has 0 unspecified atom stereocenters. The molecule has 6 heteroatoms. The Morgan fingerprint density at radius 3 is 2.82 bits per heavy atom. The molecule has 0 radical (unpaired) electrons. The van der Waals surface area contributed by atoms with Crippen LogP contribution in [-0.2, 0) is 15.1 Å². The van der Waals surface area contributed by atoms with Crippen molar-refractivity contribution in [2.45, 2.75) is 50.2 Å². The van der Waals surface area contributed by atoms with Crippen LogP contribution in [0.5, 0.6) is 0 Å². The summed E-state index contributed by atoms with van der Waals surface area (Å²) in [6.07, 6.45) is 10.4. The van der Waals surface area contributed by atoms with Crippen LogP contribution in [0.1, 0.15) is 38.5 Å². The number of ether oxygens (including phenoxy) is 1. The minimum atomic E-state index is -0.553. The van der Waals surface area contributed by atoms with Crippen molar-refractivity contribution in [2.24, 2.45) is 0 Å². The zero-order valence-electron chi connectivity index (χ0n) is 13.1. The lowest BCUT2D eigenvalue weighted by atomic mass is 9.87. The summed E-state index contributed by atoms with van der Waals surface area (Å²) in [6.45, 7) is 2.85. The summed E-state index contributed by atoms with van der Waals surface area (Å²) >= 11 is 0. The van der Waals surface area contributed by atoms with Crippen molar-refractivity contribution in [3.63, 3.8) is 0 Å². The summed E-state index contributed by atoms with van der Waals surface area (Å²) in [5.41, 5.74) is -0.553. The smallest absolute Gasteiger partial charge is 0.248 e. The van der Waals surface area contributed by atoms with Gasteiger partial charge in [0.25, 0.3) is 0 Å². The molecule has 2 fully saturated rings. The molecule has 1 aliphatic heterocycles. The molecular formula is C16H26N4O2. The molecule has 0 bridgehead atoms. The van der Waals surface area contributed by atoms with Gasteiger partial charge in [0.1, 0.15) is 5.54 Å². The maximum absolute atomic E-state index is 12.8. The molecule has 1 saturated carbocycles. The first-order valence-electron chi connectivity index (χ1n) is 8.42. The van der Waals surface area contributed by atoms with Crippen molar-refractivity contribution in [1.29, 1.82) is 0 Å². The van der Waals surface area contributed by atoms with Gasteiger partial charge >= 0.3 is 0 Å². The predicted octanol–water partition coefficient (Wildman–Crippen LogP) is 1.04. The first-order valence-corrected chi connectivity index (χ1v) is 8.42. The second-order valence-electron chi connectivity index (χ2n) is 6.27. The number of hydrogen-bond acceptors (Lipinski definition) is 4. The van der Waals surface area contributed by atoms with Crippen LogP contribution in [0.15, 0.2) is 18.5 Å². The Labute approximate surface area is 131 Å². The van der Waals surface area contributed by atoms with Gasteiger partial charge in [0, 0.05) is 18.9 Å². The fourth-order valence-corrected chi connectivity index (χ4v) is 3.53. The number of rotatable bonds is 6. The molecule has 3 rings (SSSR count). The third kappa shape index (κ3) is 3.33. The highest BCUT2D eigenvalue weighted by Crippen LogP contribution is 2.27. The van der Waals surface area contributed by atoms with Crippen molar-refractivity contribution in [3.8, 4) is 0 Å². The van der Waals surface area contributed by atoms with Gasteiger partial charge in [-0.2, -0.15) is 5.10 Å². The van der Waals surface area contributed by atoms with Crippen LogP contribution in [0.25, 0.3) is 0 Å². The number of amides is 1. The van der Waals surface area contributed by atoms with Gasteiger partial charge in [-0.15, -0.1) is 0 Å². The van der Waals surface area contributed by atoms with Crippen LogP contribution in [0.2, 0.25) is 0 Å². The fourth-order valence-electron chi connectivity index (χ4n) is 3.53. The fraction of sp³-hybridized carbons (Fsp3) is 0.750. The molecule has 1 saturated heterocycles. The van der Waals surface area contributed by atoms with E-state index in [1.807, 2.05) is 16.9 Å². The Bertz CT molecular complexity index is 463. The largest absolute Gasteiger partial charge is 0.376 e. The van der Waals surface area contributed by atoms with Gasteiger partial charge in [0.2, 0.25) is 5.91 Å².